The summed E-state index contributed by atoms with van der Waals surface area (Å²) in [5.74, 6) is 0. The smallest absolute Gasteiger partial charge is 0.0492 e. The molecular weight excluding hydrogens is 244 g/mol. The van der Waals surface area contributed by atoms with Crippen molar-refractivity contribution in [3.8, 4) is 0 Å². The summed E-state index contributed by atoms with van der Waals surface area (Å²) in [6.07, 6.45) is 8.72. The minimum absolute atomic E-state index is 0.497. The molecule has 0 saturated heterocycles. The van der Waals surface area contributed by atoms with E-state index in [2.05, 4.69) is 50.1 Å². The van der Waals surface area contributed by atoms with Crippen molar-refractivity contribution >= 4 is 31.9 Å². The molecule has 1 rings (SSSR count). The molecule has 9 heavy (non-hydrogen) atoms. The highest BCUT2D eigenvalue weighted by Gasteiger charge is 2.06. The third-order valence-corrected chi connectivity index (χ3v) is 3.62. The minimum Gasteiger partial charge on any atom is -0.0868 e. The summed E-state index contributed by atoms with van der Waals surface area (Å²) < 4.78 is 1.27. The van der Waals surface area contributed by atoms with Crippen molar-refractivity contribution in [2.75, 3.05) is 0 Å². The molecular formula is C7H8Br2. The highest BCUT2D eigenvalue weighted by Crippen LogP contribution is 2.24. The van der Waals surface area contributed by atoms with Crippen LogP contribution in [0.3, 0.4) is 0 Å². The normalized spacial score (nSPS) is 27.3. The third-order valence-electron chi connectivity index (χ3n) is 1.26. The van der Waals surface area contributed by atoms with Gasteiger partial charge in [-0.15, -0.1) is 0 Å². The number of alkyl halides is 1. The van der Waals surface area contributed by atoms with Gasteiger partial charge >= 0.3 is 0 Å². The standard InChI is InChI=1S/C7H8Br2/c8-6-4-2-1-3-5-7(6)9/h1-2,5-6H,3-4H2. The van der Waals surface area contributed by atoms with E-state index < -0.39 is 0 Å². The molecule has 1 aliphatic rings. The van der Waals surface area contributed by atoms with Crippen molar-refractivity contribution in [1.82, 2.24) is 0 Å². The van der Waals surface area contributed by atoms with E-state index >= 15 is 0 Å². The summed E-state index contributed by atoms with van der Waals surface area (Å²) in [5.41, 5.74) is 0. The number of rotatable bonds is 0. The van der Waals surface area contributed by atoms with Crippen LogP contribution in [-0.2, 0) is 0 Å². The second-order valence-corrected chi connectivity index (χ2v) is 4.02. The predicted octanol–water partition coefficient (Wildman–Crippen LogP) is 3.38. The van der Waals surface area contributed by atoms with Crippen LogP contribution in [0, 0.1) is 0 Å². The van der Waals surface area contributed by atoms with Gasteiger partial charge in [-0.25, -0.2) is 0 Å². The van der Waals surface area contributed by atoms with E-state index in [-0.39, 0.29) is 0 Å². The molecule has 0 nitrogen and oxygen atoms in total. The fourth-order valence-electron chi connectivity index (χ4n) is 0.733. The number of hydrogen-bond donors (Lipinski definition) is 0. The summed E-state index contributed by atoms with van der Waals surface area (Å²) in [6, 6.07) is 0. The first kappa shape index (κ1) is 7.55. The Morgan fingerprint density at radius 2 is 2.22 bits per heavy atom. The van der Waals surface area contributed by atoms with Gasteiger partial charge in [0.1, 0.15) is 0 Å². The molecule has 0 amide bonds. The maximum Gasteiger partial charge on any atom is 0.0492 e. The van der Waals surface area contributed by atoms with E-state index in [0.29, 0.717) is 4.83 Å². The van der Waals surface area contributed by atoms with Gasteiger partial charge in [-0.1, -0.05) is 50.1 Å². The van der Waals surface area contributed by atoms with Crippen LogP contribution in [-0.4, -0.2) is 4.83 Å². The van der Waals surface area contributed by atoms with Gasteiger partial charge in [0.15, 0.2) is 0 Å². The second-order valence-electron chi connectivity index (χ2n) is 2.00. The Morgan fingerprint density at radius 3 is 3.00 bits per heavy atom. The molecule has 0 saturated carbocycles. The molecule has 0 aromatic carbocycles. The van der Waals surface area contributed by atoms with Gasteiger partial charge in [0.05, 0.1) is 0 Å². The summed E-state index contributed by atoms with van der Waals surface area (Å²) >= 11 is 7.02. The van der Waals surface area contributed by atoms with Gasteiger partial charge in [0.25, 0.3) is 0 Å². The molecule has 1 unspecified atom stereocenters. The van der Waals surface area contributed by atoms with Crippen molar-refractivity contribution in [2.24, 2.45) is 0 Å². The van der Waals surface area contributed by atoms with E-state index in [1.54, 1.807) is 0 Å². The molecule has 1 aliphatic carbocycles. The largest absolute Gasteiger partial charge is 0.0868 e. The minimum atomic E-state index is 0.497. The Kier molecular flexibility index (Phi) is 2.99. The summed E-state index contributed by atoms with van der Waals surface area (Å²) in [6.45, 7) is 0. The Labute approximate surface area is 72.3 Å². The first-order valence-corrected chi connectivity index (χ1v) is 4.66. The molecule has 0 aromatic heterocycles. The van der Waals surface area contributed by atoms with E-state index in [4.69, 9.17) is 0 Å². The van der Waals surface area contributed by atoms with Gasteiger partial charge in [0, 0.05) is 9.31 Å². The molecule has 2 heteroatoms. The highest BCUT2D eigenvalue weighted by molar-refractivity contribution is 9.14. The van der Waals surface area contributed by atoms with Crippen molar-refractivity contribution in [1.29, 1.82) is 0 Å². The zero-order valence-electron chi connectivity index (χ0n) is 4.98. The summed E-state index contributed by atoms with van der Waals surface area (Å²) in [4.78, 5) is 0.497. The van der Waals surface area contributed by atoms with E-state index in [1.807, 2.05) is 0 Å². The molecule has 1 atom stereocenters. The lowest BCUT2D eigenvalue weighted by atomic mass is 10.3. The van der Waals surface area contributed by atoms with Gasteiger partial charge in [-0.05, 0) is 12.8 Å². The quantitative estimate of drug-likeness (QED) is 0.458. The molecule has 0 N–H and O–H groups in total. The van der Waals surface area contributed by atoms with Crippen LogP contribution in [0.25, 0.3) is 0 Å². The second kappa shape index (κ2) is 3.57. The fraction of sp³-hybridized carbons (Fsp3) is 0.429. The van der Waals surface area contributed by atoms with Crippen LogP contribution < -0.4 is 0 Å². The lowest BCUT2D eigenvalue weighted by Gasteiger charge is -2.01. The topological polar surface area (TPSA) is 0 Å². The van der Waals surface area contributed by atoms with Crippen LogP contribution in [0.2, 0.25) is 0 Å². The molecule has 0 heterocycles. The van der Waals surface area contributed by atoms with Crippen LogP contribution in [0.15, 0.2) is 22.7 Å². The Hall–Kier alpha value is 0.440. The molecule has 0 bridgehead atoms. The summed E-state index contributed by atoms with van der Waals surface area (Å²) in [7, 11) is 0. The number of hydrogen-bond acceptors (Lipinski definition) is 0. The van der Waals surface area contributed by atoms with Crippen LogP contribution in [0.1, 0.15) is 12.8 Å². The van der Waals surface area contributed by atoms with Crippen LogP contribution in [0.4, 0.5) is 0 Å². The first-order valence-electron chi connectivity index (χ1n) is 2.95. The van der Waals surface area contributed by atoms with Gasteiger partial charge in [0.2, 0.25) is 0 Å². The lowest BCUT2D eigenvalue weighted by molar-refractivity contribution is 1.09. The Bertz CT molecular complexity index is 147. The molecule has 0 fully saturated rings. The maximum atomic E-state index is 3.54. The molecule has 0 spiro atoms. The van der Waals surface area contributed by atoms with Crippen molar-refractivity contribution < 1.29 is 0 Å². The lowest BCUT2D eigenvalue weighted by Crippen LogP contribution is -1.92. The monoisotopic (exact) mass is 250 g/mol. The van der Waals surface area contributed by atoms with Gasteiger partial charge in [-0.3, -0.25) is 0 Å². The Balaban J connectivity index is 2.62. The van der Waals surface area contributed by atoms with E-state index in [1.165, 1.54) is 4.48 Å². The molecule has 0 radical (unpaired) electrons. The van der Waals surface area contributed by atoms with Gasteiger partial charge in [-0.2, -0.15) is 0 Å². The average molecular weight is 252 g/mol. The van der Waals surface area contributed by atoms with Crippen molar-refractivity contribution in [2.45, 2.75) is 17.7 Å². The molecule has 0 aromatic rings. The predicted molar refractivity (Wildman–Crippen MR) is 48.1 cm³/mol. The summed E-state index contributed by atoms with van der Waals surface area (Å²) in [5, 5.41) is 0. The molecule has 0 aliphatic heterocycles. The zero-order valence-corrected chi connectivity index (χ0v) is 8.15. The first-order chi connectivity index (χ1) is 4.30. The number of halogens is 2. The fourth-order valence-corrected chi connectivity index (χ4v) is 1.51. The zero-order chi connectivity index (χ0) is 6.69. The van der Waals surface area contributed by atoms with Crippen LogP contribution >= 0.6 is 31.9 Å². The van der Waals surface area contributed by atoms with Crippen LogP contribution in [0.5, 0.6) is 0 Å². The SMILES string of the molecule is BrC1=CCC=CCC1Br. The van der Waals surface area contributed by atoms with Crippen molar-refractivity contribution in [3.63, 3.8) is 0 Å². The third kappa shape index (κ3) is 2.26. The maximum absolute atomic E-state index is 3.54. The van der Waals surface area contributed by atoms with Crippen molar-refractivity contribution in [3.05, 3.63) is 22.7 Å². The van der Waals surface area contributed by atoms with Gasteiger partial charge < -0.3 is 0 Å². The van der Waals surface area contributed by atoms with E-state index in [9.17, 15) is 0 Å². The van der Waals surface area contributed by atoms with E-state index in [0.717, 1.165) is 12.8 Å². The highest BCUT2D eigenvalue weighted by atomic mass is 79.9. The Morgan fingerprint density at radius 1 is 1.44 bits per heavy atom. The average Bonchev–Trinajstić information content (AvgIpc) is 1.99. The molecule has 50 valence electrons. The number of allylic oxidation sites excluding steroid dienone is 4.